The second-order valence-electron chi connectivity index (χ2n) is 6.15. The van der Waals surface area contributed by atoms with E-state index in [-0.39, 0.29) is 18.0 Å². The van der Waals surface area contributed by atoms with Crippen molar-refractivity contribution >= 4 is 82.7 Å². The molecule has 4 aromatic rings. The first-order valence-corrected chi connectivity index (χ1v) is 11.3. The minimum absolute atomic E-state index is 0. The summed E-state index contributed by atoms with van der Waals surface area (Å²) < 4.78 is 6.74. The van der Waals surface area contributed by atoms with E-state index in [1.165, 1.54) is 12.8 Å². The number of ether oxygens (including phenoxy) is 1. The van der Waals surface area contributed by atoms with E-state index >= 15 is 0 Å². The molecule has 0 aliphatic carbocycles. The molecule has 1 aliphatic rings. The van der Waals surface area contributed by atoms with Crippen LogP contribution < -0.4 is 5.73 Å². The molecule has 2 aromatic carbocycles. The number of nitrogen functional groups attached to an aromatic ring is 1. The summed E-state index contributed by atoms with van der Waals surface area (Å²) in [6.07, 6.45) is 4.26. The number of nitrogens with two attached hydrogens (primary N) is 1. The van der Waals surface area contributed by atoms with Crippen LogP contribution in [0.5, 0.6) is 0 Å². The second-order valence-corrected chi connectivity index (χ2v) is 8.53. The second kappa shape index (κ2) is 12.5. The predicted molar refractivity (Wildman–Crippen MR) is 136 cm³/mol. The molecule has 0 bridgehead atoms. The Balaban J connectivity index is 0.000000176. The predicted octanol–water partition coefficient (Wildman–Crippen LogP) is 7.11. The molecular weight excluding hydrogens is 569 g/mol. The lowest BCUT2D eigenvalue weighted by Crippen LogP contribution is -1.95. The van der Waals surface area contributed by atoms with Crippen LogP contribution in [0.15, 0.2) is 51.5 Å². The van der Waals surface area contributed by atoms with Crippen molar-refractivity contribution in [2.75, 3.05) is 18.9 Å². The molecule has 1 saturated heterocycles. The van der Waals surface area contributed by atoms with Crippen molar-refractivity contribution in [3.05, 3.63) is 62.1 Å². The van der Waals surface area contributed by atoms with Crippen molar-refractivity contribution in [1.29, 1.82) is 0 Å². The van der Waals surface area contributed by atoms with Crippen molar-refractivity contribution in [3.8, 4) is 0 Å². The molecule has 1 aliphatic heterocycles. The maximum absolute atomic E-state index is 5.67. The summed E-state index contributed by atoms with van der Waals surface area (Å²) in [7, 11) is 0. The van der Waals surface area contributed by atoms with Gasteiger partial charge in [-0.2, -0.15) is 0 Å². The molecule has 0 unspecified atom stereocenters. The van der Waals surface area contributed by atoms with Crippen molar-refractivity contribution in [1.82, 2.24) is 19.9 Å². The monoisotopic (exact) mass is 587 g/mol. The maximum Gasteiger partial charge on any atom is 0.224 e. The van der Waals surface area contributed by atoms with E-state index in [0.29, 0.717) is 5.82 Å². The third-order valence-electron chi connectivity index (χ3n) is 4.04. The molecule has 2 aromatic heterocycles. The zero-order valence-corrected chi connectivity index (χ0v) is 20.3. The van der Waals surface area contributed by atoms with Crippen molar-refractivity contribution in [2.24, 2.45) is 0 Å². The summed E-state index contributed by atoms with van der Waals surface area (Å²) in [5, 5.41) is 2.22. The Morgan fingerprint density at radius 1 is 0.839 bits per heavy atom. The lowest BCUT2D eigenvalue weighted by Gasteiger charge is -2.02. The van der Waals surface area contributed by atoms with E-state index in [1.54, 1.807) is 6.20 Å². The van der Waals surface area contributed by atoms with Gasteiger partial charge in [-0.3, -0.25) is 0 Å². The number of aromatic nitrogens is 4. The standard InChI is InChI=1S/C8H5BrClN3.C8H4BrClN2.C4H8O.CH4/c9-5-3-1-2-4-6(5)12-8(10)13-7(4)11;9-6-3-1-2-5-4-11-8(10)12-7(5)6;1-2-4-5-3-1;/h1-3H,(H2,11,12,13);1-4H;1-4H2;1H4. The molecule has 0 amide bonds. The number of para-hydroxylation sites is 2. The highest BCUT2D eigenvalue weighted by molar-refractivity contribution is 9.11. The minimum atomic E-state index is 0. The smallest absolute Gasteiger partial charge is 0.224 e. The average molecular weight is 590 g/mol. The van der Waals surface area contributed by atoms with Crippen LogP contribution in [-0.4, -0.2) is 33.1 Å². The first-order chi connectivity index (χ1) is 14.5. The van der Waals surface area contributed by atoms with E-state index in [4.69, 9.17) is 33.7 Å². The van der Waals surface area contributed by atoms with Gasteiger partial charge in [0.05, 0.1) is 11.0 Å². The van der Waals surface area contributed by atoms with Crippen molar-refractivity contribution < 1.29 is 4.74 Å². The van der Waals surface area contributed by atoms with E-state index < -0.39 is 0 Å². The lowest BCUT2D eigenvalue weighted by atomic mass is 10.2. The number of halogens is 4. The molecule has 0 spiro atoms. The van der Waals surface area contributed by atoms with Gasteiger partial charge in [-0.1, -0.05) is 25.6 Å². The SMILES string of the molecule is C.C1CCOC1.Clc1ncc2cccc(Br)c2n1.Nc1nc(Cl)nc2c(Br)cccc12. The largest absolute Gasteiger partial charge is 0.383 e. The molecule has 31 heavy (non-hydrogen) atoms. The maximum atomic E-state index is 5.67. The third-order valence-corrected chi connectivity index (χ3v) is 5.67. The van der Waals surface area contributed by atoms with Gasteiger partial charge in [0.2, 0.25) is 10.6 Å². The molecule has 5 rings (SSSR count). The highest BCUT2D eigenvalue weighted by atomic mass is 79.9. The molecule has 10 heteroatoms. The Morgan fingerprint density at radius 3 is 2.10 bits per heavy atom. The zero-order chi connectivity index (χ0) is 21.5. The van der Waals surface area contributed by atoms with E-state index in [9.17, 15) is 0 Å². The van der Waals surface area contributed by atoms with Gasteiger partial charge in [-0.25, -0.2) is 19.9 Å². The fraction of sp³-hybridized carbons (Fsp3) is 0.238. The summed E-state index contributed by atoms with van der Waals surface area (Å²) in [5.74, 6) is 0.399. The van der Waals surface area contributed by atoms with Gasteiger partial charge in [0, 0.05) is 39.1 Å². The van der Waals surface area contributed by atoms with Crippen LogP contribution in [0.1, 0.15) is 20.3 Å². The van der Waals surface area contributed by atoms with Crippen LogP contribution in [0.3, 0.4) is 0 Å². The molecule has 1 fully saturated rings. The number of benzene rings is 2. The number of fused-ring (bicyclic) bond motifs is 2. The van der Waals surface area contributed by atoms with Crippen molar-refractivity contribution in [2.45, 2.75) is 20.3 Å². The first-order valence-electron chi connectivity index (χ1n) is 8.97. The quantitative estimate of drug-likeness (QED) is 0.220. The van der Waals surface area contributed by atoms with Gasteiger partial charge >= 0.3 is 0 Å². The number of hydrogen-bond donors (Lipinski definition) is 1. The van der Waals surface area contributed by atoms with E-state index in [0.717, 1.165) is 44.0 Å². The highest BCUT2D eigenvalue weighted by Gasteiger charge is 2.05. The molecule has 0 saturated carbocycles. The Bertz CT molecular complexity index is 1150. The highest BCUT2D eigenvalue weighted by Crippen LogP contribution is 2.26. The van der Waals surface area contributed by atoms with Crippen LogP contribution in [0, 0.1) is 0 Å². The van der Waals surface area contributed by atoms with Gasteiger partial charge in [0.1, 0.15) is 5.82 Å². The van der Waals surface area contributed by atoms with Crippen LogP contribution in [0.4, 0.5) is 5.82 Å². The topological polar surface area (TPSA) is 86.8 Å². The molecule has 0 radical (unpaired) electrons. The summed E-state index contributed by atoms with van der Waals surface area (Å²) >= 11 is 18.1. The van der Waals surface area contributed by atoms with Gasteiger partial charge in [-0.05, 0) is 86.1 Å². The molecular formula is C21H21Br2Cl2N5O. The summed E-state index contributed by atoms with van der Waals surface area (Å²) in [5.41, 5.74) is 7.25. The number of rotatable bonds is 0. The van der Waals surface area contributed by atoms with Gasteiger partial charge in [0.25, 0.3) is 0 Å². The number of anilines is 1. The number of nitrogens with zero attached hydrogens (tertiary/aromatic N) is 4. The van der Waals surface area contributed by atoms with Crippen molar-refractivity contribution in [3.63, 3.8) is 0 Å². The van der Waals surface area contributed by atoms with E-state index in [2.05, 4.69) is 51.8 Å². The molecule has 3 heterocycles. The van der Waals surface area contributed by atoms with Crippen LogP contribution in [-0.2, 0) is 4.74 Å². The van der Waals surface area contributed by atoms with Gasteiger partial charge < -0.3 is 10.5 Å². The van der Waals surface area contributed by atoms with Gasteiger partial charge in [-0.15, -0.1) is 0 Å². The third kappa shape index (κ3) is 7.22. The van der Waals surface area contributed by atoms with Gasteiger partial charge in [0.15, 0.2) is 0 Å². The van der Waals surface area contributed by atoms with Crippen LogP contribution in [0.2, 0.25) is 10.6 Å². The summed E-state index contributed by atoms with van der Waals surface area (Å²) in [4.78, 5) is 15.9. The molecule has 164 valence electrons. The Hall–Kier alpha value is -1.58. The fourth-order valence-corrected chi connectivity index (χ4v) is 3.85. The number of hydrogen-bond acceptors (Lipinski definition) is 6. The molecule has 2 N–H and O–H groups in total. The Kier molecular flexibility index (Phi) is 10.3. The lowest BCUT2D eigenvalue weighted by molar-refractivity contribution is 0.198. The summed E-state index contributed by atoms with van der Waals surface area (Å²) in [6.45, 7) is 2.00. The zero-order valence-electron chi connectivity index (χ0n) is 15.7. The Morgan fingerprint density at radius 2 is 1.45 bits per heavy atom. The average Bonchev–Trinajstić information content (AvgIpc) is 3.30. The van der Waals surface area contributed by atoms with E-state index in [1.807, 2.05) is 36.4 Å². The fourth-order valence-electron chi connectivity index (χ4n) is 2.62. The first kappa shape index (κ1) is 25.7. The minimum Gasteiger partial charge on any atom is -0.383 e. The molecule has 6 nitrogen and oxygen atoms in total. The summed E-state index contributed by atoms with van der Waals surface area (Å²) in [6, 6.07) is 11.4. The van der Waals surface area contributed by atoms with Crippen LogP contribution >= 0.6 is 55.1 Å². The molecule has 0 atom stereocenters. The Labute approximate surface area is 207 Å². The normalized spacial score (nSPS) is 12.4. The van der Waals surface area contributed by atoms with Crippen LogP contribution in [0.25, 0.3) is 21.8 Å².